The van der Waals surface area contributed by atoms with Gasteiger partial charge in [-0.3, -0.25) is 10.1 Å². The number of anilines is 1. The van der Waals surface area contributed by atoms with Crippen molar-refractivity contribution >= 4 is 5.69 Å². The summed E-state index contributed by atoms with van der Waals surface area (Å²) in [6.45, 7) is 6.38. The minimum absolute atomic E-state index is 0.208. The van der Waals surface area contributed by atoms with Crippen molar-refractivity contribution in [2.24, 2.45) is 0 Å². The van der Waals surface area contributed by atoms with Crippen LogP contribution in [0.15, 0.2) is 55.0 Å². The molecule has 5 heteroatoms. The molecule has 0 spiro atoms. The van der Waals surface area contributed by atoms with Crippen LogP contribution in [0.5, 0.6) is 0 Å². The van der Waals surface area contributed by atoms with Crippen LogP contribution in [0.25, 0.3) is 11.3 Å². The maximum Gasteiger partial charge on any atom is 0.0695 e. The zero-order valence-electron chi connectivity index (χ0n) is 16.4. The molecule has 0 aliphatic rings. The van der Waals surface area contributed by atoms with Gasteiger partial charge in [0.05, 0.1) is 17.9 Å². The number of rotatable bonds is 9. The topological polar surface area (TPSA) is 56.8 Å². The van der Waals surface area contributed by atoms with Gasteiger partial charge in [-0.25, -0.2) is 0 Å². The number of aromatic nitrogens is 3. The van der Waals surface area contributed by atoms with E-state index in [4.69, 9.17) is 0 Å². The summed E-state index contributed by atoms with van der Waals surface area (Å²) in [7, 11) is 2.17. The van der Waals surface area contributed by atoms with E-state index in [2.05, 4.69) is 76.6 Å². The summed E-state index contributed by atoms with van der Waals surface area (Å²) in [5, 5.41) is 11.0. The Hall–Kier alpha value is -2.66. The molecular formula is C22H29N5. The lowest BCUT2D eigenvalue weighted by Crippen LogP contribution is -2.19. The highest BCUT2D eigenvalue weighted by Crippen LogP contribution is 2.25. The van der Waals surface area contributed by atoms with Gasteiger partial charge in [-0.1, -0.05) is 31.5 Å². The molecule has 0 saturated carbocycles. The van der Waals surface area contributed by atoms with Gasteiger partial charge in [-0.05, 0) is 50.7 Å². The number of benzene rings is 1. The molecule has 2 N–H and O–H groups in total. The summed E-state index contributed by atoms with van der Waals surface area (Å²) in [6, 6.07) is 12.8. The third kappa shape index (κ3) is 5.17. The Morgan fingerprint density at radius 2 is 1.96 bits per heavy atom. The molecule has 1 atom stereocenters. The molecule has 0 aliphatic heterocycles. The van der Waals surface area contributed by atoms with Crippen LogP contribution in [-0.4, -0.2) is 33.7 Å². The van der Waals surface area contributed by atoms with Gasteiger partial charge < -0.3 is 10.2 Å². The molecule has 0 amide bonds. The highest BCUT2D eigenvalue weighted by atomic mass is 15.1. The average molecular weight is 364 g/mol. The number of unbranched alkanes of at least 4 members (excludes halogenated alkanes) is 1. The Balaban J connectivity index is 1.66. The van der Waals surface area contributed by atoms with Crippen molar-refractivity contribution in [3.63, 3.8) is 0 Å². The van der Waals surface area contributed by atoms with Gasteiger partial charge in [0.2, 0.25) is 0 Å². The average Bonchev–Trinajstić information content (AvgIpc) is 3.15. The Kier molecular flexibility index (Phi) is 6.60. The zero-order valence-corrected chi connectivity index (χ0v) is 16.4. The van der Waals surface area contributed by atoms with Crippen LogP contribution in [0.2, 0.25) is 0 Å². The second-order valence-corrected chi connectivity index (χ2v) is 7.09. The van der Waals surface area contributed by atoms with E-state index in [0.29, 0.717) is 0 Å². The first-order chi connectivity index (χ1) is 13.2. The number of pyridine rings is 1. The molecule has 3 aromatic rings. The van der Waals surface area contributed by atoms with E-state index < -0.39 is 0 Å². The molecule has 0 bridgehead atoms. The van der Waals surface area contributed by atoms with Gasteiger partial charge in [-0.15, -0.1) is 0 Å². The largest absolute Gasteiger partial charge is 0.378 e. The van der Waals surface area contributed by atoms with Crippen LogP contribution in [0.1, 0.15) is 43.9 Å². The van der Waals surface area contributed by atoms with Gasteiger partial charge in [0.15, 0.2) is 0 Å². The van der Waals surface area contributed by atoms with E-state index >= 15 is 0 Å². The minimum Gasteiger partial charge on any atom is -0.378 e. The van der Waals surface area contributed by atoms with Crippen molar-refractivity contribution in [3.05, 3.63) is 66.1 Å². The summed E-state index contributed by atoms with van der Waals surface area (Å²) in [5.74, 6) is 0. The number of H-pyrrole nitrogens is 1. The fourth-order valence-electron chi connectivity index (χ4n) is 3.18. The highest BCUT2D eigenvalue weighted by Gasteiger charge is 2.11. The molecule has 0 radical (unpaired) electrons. The first-order valence-corrected chi connectivity index (χ1v) is 9.65. The summed E-state index contributed by atoms with van der Waals surface area (Å²) in [5.41, 5.74) is 5.76. The standard InChI is InChI=1S/C22H29N5/c1-4-5-13-27(3)16-20-15-24-26-22(20)18-8-10-21(11-9-18)25-17(2)19-7-6-12-23-14-19/h6-12,14-15,17,25H,4-5,13,16H2,1-3H3,(H,24,26). The summed E-state index contributed by atoms with van der Waals surface area (Å²) in [6.07, 6.45) is 8.08. The summed E-state index contributed by atoms with van der Waals surface area (Å²) >= 11 is 0. The molecular weight excluding hydrogens is 334 g/mol. The van der Waals surface area contributed by atoms with Gasteiger partial charge in [0.1, 0.15) is 0 Å². The Bertz CT molecular complexity index is 810. The first-order valence-electron chi connectivity index (χ1n) is 9.65. The molecule has 0 fully saturated rings. The molecule has 3 rings (SSSR count). The quantitative estimate of drug-likeness (QED) is 0.569. The Morgan fingerprint density at radius 3 is 2.67 bits per heavy atom. The van der Waals surface area contributed by atoms with Gasteiger partial charge >= 0.3 is 0 Å². The predicted octanol–water partition coefficient (Wildman–Crippen LogP) is 4.88. The lowest BCUT2D eigenvalue weighted by atomic mass is 10.1. The minimum atomic E-state index is 0.208. The maximum absolute atomic E-state index is 4.27. The number of nitrogens with one attached hydrogen (secondary N) is 2. The smallest absolute Gasteiger partial charge is 0.0695 e. The van der Waals surface area contributed by atoms with Crippen LogP contribution >= 0.6 is 0 Å². The molecule has 27 heavy (non-hydrogen) atoms. The van der Waals surface area contributed by atoms with Gasteiger partial charge in [0, 0.05) is 35.8 Å². The van der Waals surface area contributed by atoms with Crippen LogP contribution in [0.3, 0.4) is 0 Å². The van der Waals surface area contributed by atoms with Crippen molar-refractivity contribution < 1.29 is 0 Å². The van der Waals surface area contributed by atoms with Crippen molar-refractivity contribution in [1.29, 1.82) is 0 Å². The molecule has 1 unspecified atom stereocenters. The lowest BCUT2D eigenvalue weighted by Gasteiger charge is -2.17. The molecule has 142 valence electrons. The van der Waals surface area contributed by atoms with Crippen molar-refractivity contribution in [2.45, 2.75) is 39.3 Å². The second-order valence-electron chi connectivity index (χ2n) is 7.09. The van der Waals surface area contributed by atoms with E-state index in [1.807, 2.05) is 18.5 Å². The fourth-order valence-corrected chi connectivity index (χ4v) is 3.18. The molecule has 2 aromatic heterocycles. The third-order valence-corrected chi connectivity index (χ3v) is 4.79. The van der Waals surface area contributed by atoms with Crippen molar-refractivity contribution in [3.8, 4) is 11.3 Å². The normalized spacial score (nSPS) is 12.3. The number of aromatic amines is 1. The SMILES string of the molecule is CCCCN(C)Cc1cn[nH]c1-c1ccc(NC(C)c2cccnc2)cc1. The third-order valence-electron chi connectivity index (χ3n) is 4.79. The maximum atomic E-state index is 4.27. The van der Waals surface area contributed by atoms with E-state index in [1.54, 1.807) is 6.20 Å². The van der Waals surface area contributed by atoms with Crippen LogP contribution in [0, 0.1) is 0 Å². The Morgan fingerprint density at radius 1 is 1.15 bits per heavy atom. The van der Waals surface area contributed by atoms with E-state index in [1.165, 1.54) is 24.0 Å². The van der Waals surface area contributed by atoms with E-state index in [9.17, 15) is 0 Å². The van der Waals surface area contributed by atoms with Crippen LogP contribution in [-0.2, 0) is 6.54 Å². The summed E-state index contributed by atoms with van der Waals surface area (Å²) < 4.78 is 0. The zero-order chi connectivity index (χ0) is 19.1. The first kappa shape index (κ1) is 19.1. The van der Waals surface area contributed by atoms with Crippen LogP contribution < -0.4 is 5.32 Å². The predicted molar refractivity (Wildman–Crippen MR) is 112 cm³/mol. The van der Waals surface area contributed by atoms with Gasteiger partial charge in [-0.2, -0.15) is 5.10 Å². The van der Waals surface area contributed by atoms with Crippen LogP contribution in [0.4, 0.5) is 5.69 Å². The fraction of sp³-hybridized carbons (Fsp3) is 0.364. The lowest BCUT2D eigenvalue weighted by molar-refractivity contribution is 0.321. The molecule has 1 aromatic carbocycles. The van der Waals surface area contributed by atoms with Crippen molar-refractivity contribution in [1.82, 2.24) is 20.1 Å². The number of hydrogen-bond donors (Lipinski definition) is 2. The molecule has 5 nitrogen and oxygen atoms in total. The molecule has 0 aliphatic carbocycles. The highest BCUT2D eigenvalue weighted by molar-refractivity contribution is 5.65. The van der Waals surface area contributed by atoms with Gasteiger partial charge in [0.25, 0.3) is 0 Å². The summed E-state index contributed by atoms with van der Waals surface area (Å²) in [4.78, 5) is 6.54. The Labute approximate surface area is 161 Å². The van der Waals surface area contributed by atoms with Crippen molar-refractivity contribution in [2.75, 3.05) is 18.9 Å². The van der Waals surface area contributed by atoms with E-state index in [-0.39, 0.29) is 6.04 Å². The monoisotopic (exact) mass is 363 g/mol. The molecule has 0 saturated heterocycles. The number of nitrogens with zero attached hydrogens (tertiary/aromatic N) is 3. The second kappa shape index (κ2) is 9.33. The van der Waals surface area contributed by atoms with E-state index in [0.717, 1.165) is 30.0 Å². The number of hydrogen-bond acceptors (Lipinski definition) is 4. The molecule has 2 heterocycles.